The van der Waals surface area contributed by atoms with Gasteiger partial charge in [-0.15, -0.1) is 12.3 Å². The molecule has 0 radical (unpaired) electrons. The zero-order valence-electron chi connectivity index (χ0n) is 10.2. The standard InChI is InChI=1S/C13H23NOS/c1-3-5-6-7-12(14-8-4-2)13-11-16-10-9-15-13/h1,12-14H,4-11H2,2H3. The number of hydrogen-bond donors (Lipinski definition) is 1. The molecular weight excluding hydrogens is 218 g/mol. The Morgan fingerprint density at radius 1 is 1.62 bits per heavy atom. The zero-order chi connectivity index (χ0) is 11.6. The maximum atomic E-state index is 5.83. The van der Waals surface area contributed by atoms with Crippen LogP contribution in [0.3, 0.4) is 0 Å². The lowest BCUT2D eigenvalue weighted by Crippen LogP contribution is -2.45. The average molecular weight is 241 g/mol. The van der Waals surface area contributed by atoms with E-state index in [9.17, 15) is 0 Å². The minimum atomic E-state index is 0.378. The van der Waals surface area contributed by atoms with E-state index in [1.165, 1.54) is 6.42 Å². The Labute approximate surface area is 104 Å². The van der Waals surface area contributed by atoms with Crippen LogP contribution in [0.15, 0.2) is 0 Å². The van der Waals surface area contributed by atoms with Crippen molar-refractivity contribution < 1.29 is 4.74 Å². The first-order valence-electron chi connectivity index (χ1n) is 6.24. The van der Waals surface area contributed by atoms with Crippen LogP contribution >= 0.6 is 11.8 Å². The molecule has 1 saturated heterocycles. The third kappa shape index (κ3) is 5.25. The first kappa shape index (κ1) is 13.9. The lowest BCUT2D eigenvalue weighted by atomic mass is 10.0. The van der Waals surface area contributed by atoms with Crippen molar-refractivity contribution >= 4 is 11.8 Å². The summed E-state index contributed by atoms with van der Waals surface area (Å²) < 4.78 is 5.83. The average Bonchev–Trinajstić information content (AvgIpc) is 2.35. The number of thioether (sulfide) groups is 1. The van der Waals surface area contributed by atoms with Gasteiger partial charge in [0.15, 0.2) is 0 Å². The number of unbranched alkanes of at least 4 members (excludes halogenated alkanes) is 1. The summed E-state index contributed by atoms with van der Waals surface area (Å²) in [5.41, 5.74) is 0. The molecule has 1 heterocycles. The van der Waals surface area contributed by atoms with Gasteiger partial charge in [0, 0.05) is 24.0 Å². The molecule has 0 aromatic rings. The Morgan fingerprint density at radius 3 is 3.12 bits per heavy atom. The smallest absolute Gasteiger partial charge is 0.0818 e. The van der Waals surface area contributed by atoms with E-state index in [1.807, 2.05) is 11.8 Å². The SMILES string of the molecule is C#CCCCC(NCCC)C1CSCCO1. The highest BCUT2D eigenvalue weighted by molar-refractivity contribution is 7.99. The van der Waals surface area contributed by atoms with Crippen LogP contribution in [0, 0.1) is 12.3 Å². The van der Waals surface area contributed by atoms with Crippen molar-refractivity contribution in [3.63, 3.8) is 0 Å². The molecule has 1 fully saturated rings. The second kappa shape index (κ2) is 8.92. The fourth-order valence-corrected chi connectivity index (χ4v) is 2.85. The van der Waals surface area contributed by atoms with Gasteiger partial charge in [0.25, 0.3) is 0 Å². The van der Waals surface area contributed by atoms with Crippen LogP contribution in [-0.2, 0) is 4.74 Å². The molecule has 0 aromatic carbocycles. The van der Waals surface area contributed by atoms with Gasteiger partial charge < -0.3 is 10.1 Å². The molecule has 0 aromatic heterocycles. The molecule has 2 unspecified atom stereocenters. The van der Waals surface area contributed by atoms with Crippen molar-refractivity contribution in [2.24, 2.45) is 0 Å². The number of terminal acetylenes is 1. The van der Waals surface area contributed by atoms with Gasteiger partial charge in [-0.05, 0) is 25.8 Å². The molecule has 3 heteroatoms. The van der Waals surface area contributed by atoms with Crippen LogP contribution < -0.4 is 5.32 Å². The van der Waals surface area contributed by atoms with Crippen molar-refractivity contribution in [2.45, 2.75) is 44.8 Å². The molecule has 16 heavy (non-hydrogen) atoms. The molecule has 1 aliphatic heterocycles. The van der Waals surface area contributed by atoms with E-state index in [2.05, 4.69) is 18.2 Å². The van der Waals surface area contributed by atoms with E-state index in [0.29, 0.717) is 12.1 Å². The van der Waals surface area contributed by atoms with Gasteiger partial charge in [0.2, 0.25) is 0 Å². The van der Waals surface area contributed by atoms with E-state index < -0.39 is 0 Å². The van der Waals surface area contributed by atoms with Crippen molar-refractivity contribution in [1.29, 1.82) is 0 Å². The van der Waals surface area contributed by atoms with Crippen LogP contribution in [-0.4, -0.2) is 36.8 Å². The number of rotatable bonds is 7. The predicted octanol–water partition coefficient (Wildman–Crippen LogP) is 2.29. The third-order valence-electron chi connectivity index (χ3n) is 2.78. The first-order valence-corrected chi connectivity index (χ1v) is 7.40. The summed E-state index contributed by atoms with van der Waals surface area (Å²) in [7, 11) is 0. The fraction of sp³-hybridized carbons (Fsp3) is 0.846. The summed E-state index contributed by atoms with van der Waals surface area (Å²) in [6, 6.07) is 0.487. The number of hydrogen-bond acceptors (Lipinski definition) is 3. The monoisotopic (exact) mass is 241 g/mol. The molecule has 0 aliphatic carbocycles. The van der Waals surface area contributed by atoms with Gasteiger partial charge >= 0.3 is 0 Å². The topological polar surface area (TPSA) is 21.3 Å². The molecule has 0 spiro atoms. The third-order valence-corrected chi connectivity index (χ3v) is 3.80. The minimum Gasteiger partial charge on any atom is -0.375 e. The Bertz CT molecular complexity index is 208. The van der Waals surface area contributed by atoms with Gasteiger partial charge in [0.05, 0.1) is 12.7 Å². The predicted molar refractivity (Wildman–Crippen MR) is 71.8 cm³/mol. The van der Waals surface area contributed by atoms with Crippen LogP contribution in [0.2, 0.25) is 0 Å². The molecule has 1 rings (SSSR count). The Morgan fingerprint density at radius 2 is 2.50 bits per heavy atom. The Hall–Kier alpha value is -0.170. The van der Waals surface area contributed by atoms with Gasteiger partial charge in [-0.3, -0.25) is 0 Å². The summed E-state index contributed by atoms with van der Waals surface area (Å²) in [6.45, 7) is 4.17. The van der Waals surface area contributed by atoms with Gasteiger partial charge in [0.1, 0.15) is 0 Å². The number of ether oxygens (including phenoxy) is 1. The van der Waals surface area contributed by atoms with Crippen LogP contribution in [0.25, 0.3) is 0 Å². The number of nitrogens with one attached hydrogen (secondary N) is 1. The minimum absolute atomic E-state index is 0.378. The van der Waals surface area contributed by atoms with Crippen molar-refractivity contribution in [3.05, 3.63) is 0 Å². The van der Waals surface area contributed by atoms with Crippen molar-refractivity contribution in [3.8, 4) is 12.3 Å². The maximum Gasteiger partial charge on any atom is 0.0818 e. The molecule has 1 N–H and O–H groups in total. The van der Waals surface area contributed by atoms with Crippen molar-refractivity contribution in [1.82, 2.24) is 5.32 Å². The van der Waals surface area contributed by atoms with Gasteiger partial charge in [-0.1, -0.05) is 6.92 Å². The van der Waals surface area contributed by atoms with E-state index in [0.717, 1.165) is 43.9 Å². The highest BCUT2D eigenvalue weighted by Gasteiger charge is 2.23. The quantitative estimate of drug-likeness (QED) is 0.546. The van der Waals surface area contributed by atoms with Gasteiger partial charge in [-0.25, -0.2) is 0 Å². The summed E-state index contributed by atoms with van der Waals surface area (Å²) in [5.74, 6) is 4.97. The molecule has 2 atom stereocenters. The summed E-state index contributed by atoms with van der Waals surface area (Å²) in [5, 5.41) is 3.59. The summed E-state index contributed by atoms with van der Waals surface area (Å²) in [4.78, 5) is 0. The second-order valence-corrected chi connectivity index (χ2v) is 5.29. The maximum absolute atomic E-state index is 5.83. The molecular formula is C13H23NOS. The van der Waals surface area contributed by atoms with Crippen molar-refractivity contribution in [2.75, 3.05) is 24.7 Å². The molecule has 0 amide bonds. The highest BCUT2D eigenvalue weighted by Crippen LogP contribution is 2.18. The second-order valence-electron chi connectivity index (χ2n) is 4.14. The Kier molecular flexibility index (Phi) is 7.75. The lowest BCUT2D eigenvalue weighted by Gasteiger charge is -2.31. The normalized spacial score (nSPS) is 22.6. The lowest BCUT2D eigenvalue weighted by molar-refractivity contribution is 0.0444. The largest absolute Gasteiger partial charge is 0.375 e. The molecule has 0 saturated carbocycles. The summed E-state index contributed by atoms with van der Waals surface area (Å²) >= 11 is 2.00. The zero-order valence-corrected chi connectivity index (χ0v) is 11.0. The molecule has 0 bridgehead atoms. The molecule has 1 aliphatic rings. The Balaban J connectivity index is 2.32. The molecule has 2 nitrogen and oxygen atoms in total. The fourth-order valence-electron chi connectivity index (χ4n) is 1.91. The van der Waals surface area contributed by atoms with Crippen LogP contribution in [0.4, 0.5) is 0 Å². The van der Waals surface area contributed by atoms with E-state index in [1.54, 1.807) is 0 Å². The first-order chi connectivity index (χ1) is 7.88. The van der Waals surface area contributed by atoms with E-state index >= 15 is 0 Å². The van der Waals surface area contributed by atoms with Gasteiger partial charge in [-0.2, -0.15) is 11.8 Å². The van der Waals surface area contributed by atoms with E-state index in [-0.39, 0.29) is 0 Å². The van der Waals surface area contributed by atoms with Crippen LogP contribution in [0.1, 0.15) is 32.6 Å². The van der Waals surface area contributed by atoms with Crippen LogP contribution in [0.5, 0.6) is 0 Å². The highest BCUT2D eigenvalue weighted by atomic mass is 32.2. The summed E-state index contributed by atoms with van der Waals surface area (Å²) in [6.07, 6.45) is 9.95. The van der Waals surface area contributed by atoms with E-state index in [4.69, 9.17) is 11.2 Å². The molecule has 92 valence electrons.